The Morgan fingerprint density at radius 3 is 2.52 bits per heavy atom. The van der Waals surface area contributed by atoms with E-state index in [0.29, 0.717) is 12.0 Å². The van der Waals surface area contributed by atoms with Crippen LogP contribution in [0, 0.1) is 0 Å². The molecule has 0 fully saturated rings. The van der Waals surface area contributed by atoms with Gasteiger partial charge in [0.05, 0.1) is 7.11 Å². The van der Waals surface area contributed by atoms with Crippen molar-refractivity contribution in [1.29, 1.82) is 0 Å². The maximum absolute atomic E-state index is 12.3. The van der Waals surface area contributed by atoms with E-state index in [2.05, 4.69) is 4.72 Å². The quantitative estimate of drug-likeness (QED) is 0.749. The van der Waals surface area contributed by atoms with Crippen molar-refractivity contribution in [2.24, 2.45) is 0 Å². The molecule has 0 saturated carbocycles. The maximum Gasteiger partial charge on any atom is 0.244 e. The minimum absolute atomic E-state index is 0.000971. The molecule has 0 heterocycles. The number of benzene rings is 1. The molecule has 6 heteroatoms. The van der Waals surface area contributed by atoms with Crippen LogP contribution in [0.2, 0.25) is 0 Å². The van der Waals surface area contributed by atoms with Crippen molar-refractivity contribution in [3.8, 4) is 5.75 Å². The molecule has 1 aromatic carbocycles. The Morgan fingerprint density at radius 1 is 1.33 bits per heavy atom. The number of rotatable bonds is 8. The number of hydrogen-bond acceptors (Lipinski definition) is 4. The Kier molecular flexibility index (Phi) is 6.36. The van der Waals surface area contributed by atoms with E-state index in [4.69, 9.17) is 4.74 Å². The van der Waals surface area contributed by atoms with E-state index < -0.39 is 10.0 Å². The Labute approximate surface area is 126 Å². The van der Waals surface area contributed by atoms with Gasteiger partial charge in [0, 0.05) is 18.0 Å². The van der Waals surface area contributed by atoms with Crippen molar-refractivity contribution in [3.63, 3.8) is 0 Å². The van der Waals surface area contributed by atoms with Gasteiger partial charge >= 0.3 is 0 Å². The summed E-state index contributed by atoms with van der Waals surface area (Å²) in [6.07, 6.45) is 2.12. The highest BCUT2D eigenvalue weighted by Crippen LogP contribution is 2.25. The third kappa shape index (κ3) is 4.82. The average Bonchev–Trinajstić information content (AvgIpc) is 2.42. The number of ether oxygens (including phenoxy) is 1. The van der Waals surface area contributed by atoms with Gasteiger partial charge in [0.1, 0.15) is 10.6 Å². The summed E-state index contributed by atoms with van der Waals surface area (Å²) in [5.41, 5.74) is 0.397. The SMILES string of the molecule is CCCCC(=O)c1ccc(OC)c(S(=O)(=O)NC(C)C)c1. The average molecular weight is 313 g/mol. The van der Waals surface area contributed by atoms with Crippen LogP contribution < -0.4 is 9.46 Å². The predicted molar refractivity (Wildman–Crippen MR) is 82.3 cm³/mol. The first-order valence-corrected chi connectivity index (χ1v) is 8.53. The summed E-state index contributed by atoms with van der Waals surface area (Å²) < 4.78 is 32.2. The summed E-state index contributed by atoms with van der Waals surface area (Å²) in [4.78, 5) is 12.0. The summed E-state index contributed by atoms with van der Waals surface area (Å²) in [6.45, 7) is 5.48. The minimum atomic E-state index is -3.71. The zero-order valence-electron chi connectivity index (χ0n) is 13.0. The van der Waals surface area contributed by atoms with Gasteiger partial charge in [-0.25, -0.2) is 13.1 Å². The standard InChI is InChI=1S/C15H23NO4S/c1-5-6-7-13(17)12-8-9-14(20-4)15(10-12)21(18,19)16-11(2)3/h8-11,16H,5-7H2,1-4H3. The van der Waals surface area contributed by atoms with Crippen LogP contribution in [0.3, 0.4) is 0 Å². The fraction of sp³-hybridized carbons (Fsp3) is 0.533. The van der Waals surface area contributed by atoms with Crippen molar-refractivity contribution < 1.29 is 17.9 Å². The number of carbonyl (C=O) groups is 1. The van der Waals surface area contributed by atoms with Crippen LogP contribution >= 0.6 is 0 Å². The molecule has 21 heavy (non-hydrogen) atoms. The van der Waals surface area contributed by atoms with Crippen molar-refractivity contribution in [3.05, 3.63) is 23.8 Å². The smallest absolute Gasteiger partial charge is 0.244 e. The molecule has 118 valence electrons. The highest BCUT2D eigenvalue weighted by atomic mass is 32.2. The molecule has 1 rings (SSSR count). The van der Waals surface area contributed by atoms with Crippen molar-refractivity contribution in [1.82, 2.24) is 4.72 Å². The highest BCUT2D eigenvalue weighted by molar-refractivity contribution is 7.89. The molecule has 0 bridgehead atoms. The van der Waals surface area contributed by atoms with Crippen molar-refractivity contribution in [2.45, 2.75) is 51.0 Å². The molecule has 0 unspecified atom stereocenters. The molecule has 0 aliphatic carbocycles. The second kappa shape index (κ2) is 7.56. The third-order valence-corrected chi connectivity index (χ3v) is 4.60. The lowest BCUT2D eigenvalue weighted by Crippen LogP contribution is -2.30. The lowest BCUT2D eigenvalue weighted by Gasteiger charge is -2.13. The highest BCUT2D eigenvalue weighted by Gasteiger charge is 2.22. The molecule has 0 saturated heterocycles. The first-order valence-electron chi connectivity index (χ1n) is 7.05. The summed E-state index contributed by atoms with van der Waals surface area (Å²) in [7, 11) is -2.30. The summed E-state index contributed by atoms with van der Waals surface area (Å²) in [5.74, 6) is 0.177. The Balaban J connectivity index is 3.20. The molecule has 0 aliphatic rings. The lowest BCUT2D eigenvalue weighted by atomic mass is 10.1. The van der Waals surface area contributed by atoms with E-state index in [0.717, 1.165) is 12.8 Å². The fourth-order valence-electron chi connectivity index (χ4n) is 1.92. The molecule has 1 N–H and O–H groups in total. The second-order valence-corrected chi connectivity index (χ2v) is 6.85. The molecule has 0 atom stereocenters. The van der Waals surface area contributed by atoms with Crippen molar-refractivity contribution in [2.75, 3.05) is 7.11 Å². The molecule has 0 aromatic heterocycles. The molecule has 0 aliphatic heterocycles. The first-order chi connectivity index (χ1) is 9.81. The molecule has 1 aromatic rings. The molecule has 0 spiro atoms. The number of ketones is 1. The number of nitrogens with one attached hydrogen (secondary N) is 1. The van der Waals surface area contributed by atoms with Crippen LogP contribution in [0.1, 0.15) is 50.4 Å². The first kappa shape index (κ1) is 17.7. The largest absolute Gasteiger partial charge is 0.495 e. The zero-order valence-corrected chi connectivity index (χ0v) is 13.8. The topological polar surface area (TPSA) is 72.5 Å². The normalized spacial score (nSPS) is 11.7. The van der Waals surface area contributed by atoms with E-state index in [1.165, 1.54) is 19.2 Å². The number of sulfonamides is 1. The molecule has 0 amide bonds. The third-order valence-electron chi connectivity index (χ3n) is 2.92. The van der Waals surface area contributed by atoms with Gasteiger partial charge in [-0.2, -0.15) is 0 Å². The van der Waals surface area contributed by atoms with Gasteiger partial charge in [-0.1, -0.05) is 13.3 Å². The van der Waals surface area contributed by atoms with Gasteiger partial charge in [0.15, 0.2) is 5.78 Å². The Hall–Kier alpha value is -1.40. The lowest BCUT2D eigenvalue weighted by molar-refractivity contribution is 0.0979. The van der Waals surface area contributed by atoms with Gasteiger partial charge in [-0.15, -0.1) is 0 Å². The van der Waals surface area contributed by atoms with E-state index in [1.54, 1.807) is 19.9 Å². The molecular weight excluding hydrogens is 290 g/mol. The van der Waals surface area contributed by atoms with E-state index >= 15 is 0 Å². The Bertz CT molecular complexity index is 594. The molecule has 0 radical (unpaired) electrons. The Morgan fingerprint density at radius 2 is 2.00 bits per heavy atom. The molecular formula is C15H23NO4S. The van der Waals surface area contributed by atoms with Gasteiger partial charge in [0.2, 0.25) is 10.0 Å². The number of carbonyl (C=O) groups excluding carboxylic acids is 1. The van der Waals surface area contributed by atoms with Crippen LogP contribution in [0.15, 0.2) is 23.1 Å². The summed E-state index contributed by atoms with van der Waals surface area (Å²) in [6, 6.07) is 4.28. The van der Waals surface area contributed by atoms with E-state index in [-0.39, 0.29) is 22.5 Å². The molecule has 5 nitrogen and oxygen atoms in total. The van der Waals surface area contributed by atoms with Gasteiger partial charge in [-0.05, 0) is 38.5 Å². The van der Waals surface area contributed by atoms with Gasteiger partial charge in [0.25, 0.3) is 0 Å². The van der Waals surface area contributed by atoms with E-state index in [9.17, 15) is 13.2 Å². The van der Waals surface area contributed by atoms with Gasteiger partial charge < -0.3 is 4.74 Å². The number of unbranched alkanes of at least 4 members (excludes halogenated alkanes) is 1. The predicted octanol–water partition coefficient (Wildman–Crippen LogP) is 2.75. The van der Waals surface area contributed by atoms with Crippen LogP contribution in [-0.4, -0.2) is 27.4 Å². The second-order valence-electron chi connectivity index (χ2n) is 5.17. The van der Waals surface area contributed by atoms with Crippen LogP contribution in [0.25, 0.3) is 0 Å². The zero-order chi connectivity index (χ0) is 16.0. The fourth-order valence-corrected chi connectivity index (χ4v) is 3.36. The number of methoxy groups -OCH3 is 1. The van der Waals surface area contributed by atoms with Crippen molar-refractivity contribution >= 4 is 15.8 Å². The van der Waals surface area contributed by atoms with Crippen LogP contribution in [0.4, 0.5) is 0 Å². The minimum Gasteiger partial charge on any atom is -0.495 e. The summed E-state index contributed by atoms with van der Waals surface area (Å²) in [5, 5.41) is 0. The van der Waals surface area contributed by atoms with Crippen LogP contribution in [0.5, 0.6) is 5.75 Å². The monoisotopic (exact) mass is 313 g/mol. The van der Waals surface area contributed by atoms with Gasteiger partial charge in [-0.3, -0.25) is 4.79 Å². The van der Waals surface area contributed by atoms with Crippen LogP contribution in [-0.2, 0) is 10.0 Å². The summed E-state index contributed by atoms with van der Waals surface area (Å²) >= 11 is 0. The number of hydrogen-bond donors (Lipinski definition) is 1. The maximum atomic E-state index is 12.3. The van der Waals surface area contributed by atoms with E-state index in [1.807, 2.05) is 6.92 Å². The number of Topliss-reactive ketones (excluding diaryl/α,β-unsaturated/α-hetero) is 1.